The van der Waals surface area contributed by atoms with Crippen LogP contribution in [0.3, 0.4) is 0 Å². The smallest absolute Gasteiger partial charge is 0.156 e. The van der Waals surface area contributed by atoms with E-state index >= 15 is 0 Å². The van der Waals surface area contributed by atoms with Crippen molar-refractivity contribution in [3.05, 3.63) is 90.4 Å². The third kappa shape index (κ3) is 3.39. The number of fused-ring (bicyclic) bond motifs is 1. The summed E-state index contributed by atoms with van der Waals surface area (Å²) >= 11 is 0. The van der Waals surface area contributed by atoms with Crippen molar-refractivity contribution in [3.8, 4) is 17.1 Å². The van der Waals surface area contributed by atoms with Crippen molar-refractivity contribution in [2.24, 2.45) is 0 Å². The molecule has 0 aliphatic carbocycles. The molecule has 0 saturated heterocycles. The van der Waals surface area contributed by atoms with Crippen LogP contribution in [0.2, 0.25) is 0 Å². The molecule has 5 aromatic rings. The molecule has 3 heterocycles. The Hall–Kier alpha value is -4.06. The van der Waals surface area contributed by atoms with Crippen LogP contribution in [0.1, 0.15) is 11.3 Å². The number of benzene rings is 2. The van der Waals surface area contributed by atoms with Gasteiger partial charge in [-0.1, -0.05) is 48.5 Å². The Morgan fingerprint density at radius 3 is 2.50 bits per heavy atom. The van der Waals surface area contributed by atoms with Crippen molar-refractivity contribution < 1.29 is 0 Å². The van der Waals surface area contributed by atoms with Gasteiger partial charge in [-0.15, -0.1) is 0 Å². The Morgan fingerprint density at radius 2 is 1.63 bits per heavy atom. The lowest BCUT2D eigenvalue weighted by Crippen LogP contribution is -2.06. The molecule has 2 aromatic carbocycles. The number of nitrogens with one attached hydrogen (secondary N) is 1. The minimum absolute atomic E-state index is 0.697. The highest BCUT2D eigenvalue weighted by molar-refractivity contribution is 5.83. The Bertz CT molecular complexity index is 1340. The first-order valence-electron chi connectivity index (χ1n) is 9.75. The molecule has 0 bridgehead atoms. The molecule has 30 heavy (non-hydrogen) atoms. The highest BCUT2D eigenvalue weighted by Gasteiger charge is 2.12. The predicted molar refractivity (Wildman–Crippen MR) is 119 cm³/mol. The molecule has 146 valence electrons. The van der Waals surface area contributed by atoms with E-state index in [1.807, 2.05) is 72.3 Å². The lowest BCUT2D eigenvalue weighted by Gasteiger charge is -2.11. The first kappa shape index (κ1) is 18.0. The van der Waals surface area contributed by atoms with E-state index in [9.17, 15) is 0 Å². The molecular weight excluding hydrogens is 372 g/mol. The molecule has 0 fully saturated rings. The lowest BCUT2D eigenvalue weighted by molar-refractivity contribution is 0.842. The number of hydrogen-bond donors (Lipinski definition) is 1. The summed E-state index contributed by atoms with van der Waals surface area (Å²) in [5.41, 5.74) is 4.89. The van der Waals surface area contributed by atoms with Crippen LogP contribution in [0.4, 0.5) is 11.6 Å². The van der Waals surface area contributed by atoms with Gasteiger partial charge in [-0.2, -0.15) is 9.78 Å². The van der Waals surface area contributed by atoms with Gasteiger partial charge in [0.15, 0.2) is 5.82 Å². The molecule has 1 N–H and O–H groups in total. The van der Waals surface area contributed by atoms with E-state index in [2.05, 4.69) is 39.4 Å². The van der Waals surface area contributed by atoms with Gasteiger partial charge >= 0.3 is 0 Å². The SMILES string of the molecule is Cc1cc(Nc2cc(-c3ccccc3)ncn2)n(-c2cc(C)c3ccccc3n2)n1. The van der Waals surface area contributed by atoms with Crippen molar-refractivity contribution in [2.45, 2.75) is 13.8 Å². The standard InChI is InChI=1S/C24H20N6/c1-16-12-23(27-20-11-7-6-10-19(16)20)30-24(13-17(2)29-30)28-22-14-21(25-15-26-22)18-8-4-3-5-9-18/h3-15H,1-2H3,(H,25,26,28). The zero-order valence-corrected chi connectivity index (χ0v) is 16.7. The highest BCUT2D eigenvalue weighted by atomic mass is 15.4. The molecule has 0 unspecified atom stereocenters. The highest BCUT2D eigenvalue weighted by Crippen LogP contribution is 2.25. The van der Waals surface area contributed by atoms with E-state index in [0.717, 1.165) is 45.1 Å². The maximum Gasteiger partial charge on any atom is 0.156 e. The number of nitrogens with zero attached hydrogens (tertiary/aromatic N) is 5. The topological polar surface area (TPSA) is 68.5 Å². The average Bonchev–Trinajstić information content (AvgIpc) is 3.14. The average molecular weight is 392 g/mol. The monoisotopic (exact) mass is 392 g/mol. The first-order valence-corrected chi connectivity index (χ1v) is 9.75. The number of pyridine rings is 1. The van der Waals surface area contributed by atoms with Crippen molar-refractivity contribution in [1.29, 1.82) is 0 Å². The van der Waals surface area contributed by atoms with Gasteiger partial charge in [0.1, 0.15) is 18.0 Å². The molecule has 6 nitrogen and oxygen atoms in total. The molecular formula is C24H20N6. The summed E-state index contributed by atoms with van der Waals surface area (Å²) in [4.78, 5) is 13.6. The van der Waals surface area contributed by atoms with Crippen LogP contribution in [0.5, 0.6) is 0 Å². The number of anilines is 2. The fourth-order valence-electron chi connectivity index (χ4n) is 3.53. The van der Waals surface area contributed by atoms with Crippen molar-refractivity contribution in [3.63, 3.8) is 0 Å². The number of aromatic nitrogens is 5. The van der Waals surface area contributed by atoms with Crippen LogP contribution >= 0.6 is 0 Å². The third-order valence-electron chi connectivity index (χ3n) is 4.95. The fourth-order valence-corrected chi connectivity index (χ4v) is 3.53. The van der Waals surface area contributed by atoms with Crippen LogP contribution in [0.25, 0.3) is 28.0 Å². The van der Waals surface area contributed by atoms with E-state index in [1.165, 1.54) is 0 Å². The Morgan fingerprint density at radius 1 is 0.833 bits per heavy atom. The number of rotatable bonds is 4. The number of hydrogen-bond acceptors (Lipinski definition) is 5. The van der Waals surface area contributed by atoms with Gasteiger partial charge in [-0.05, 0) is 31.5 Å². The maximum absolute atomic E-state index is 4.81. The predicted octanol–water partition coefficient (Wildman–Crippen LogP) is 5.24. The minimum atomic E-state index is 0.697. The Balaban J connectivity index is 1.54. The van der Waals surface area contributed by atoms with E-state index in [4.69, 9.17) is 4.98 Å². The Kier molecular flexibility index (Phi) is 4.44. The summed E-state index contributed by atoms with van der Waals surface area (Å²) in [6.07, 6.45) is 1.57. The second-order valence-electron chi connectivity index (χ2n) is 7.18. The lowest BCUT2D eigenvalue weighted by atomic mass is 10.1. The third-order valence-corrected chi connectivity index (χ3v) is 4.95. The zero-order chi connectivity index (χ0) is 20.5. The van der Waals surface area contributed by atoms with Crippen LogP contribution in [-0.2, 0) is 0 Å². The fraction of sp³-hybridized carbons (Fsp3) is 0.0833. The maximum atomic E-state index is 4.81. The summed E-state index contributed by atoms with van der Waals surface area (Å²) in [5.74, 6) is 2.26. The van der Waals surface area contributed by atoms with E-state index in [0.29, 0.717) is 5.82 Å². The summed E-state index contributed by atoms with van der Waals surface area (Å²) in [6, 6.07) is 24.1. The van der Waals surface area contributed by atoms with Crippen molar-refractivity contribution >= 4 is 22.5 Å². The molecule has 0 aliphatic heterocycles. The van der Waals surface area contributed by atoms with Gasteiger partial charge in [0.2, 0.25) is 0 Å². The molecule has 0 radical (unpaired) electrons. The number of para-hydroxylation sites is 1. The summed E-state index contributed by atoms with van der Waals surface area (Å²) in [5, 5.41) is 9.17. The molecule has 5 rings (SSSR count). The molecule has 0 spiro atoms. The van der Waals surface area contributed by atoms with E-state index < -0.39 is 0 Å². The first-order chi connectivity index (χ1) is 14.7. The normalized spacial score (nSPS) is 11.0. The molecule has 0 amide bonds. The van der Waals surface area contributed by atoms with Gasteiger partial charge in [0, 0.05) is 23.1 Å². The van der Waals surface area contributed by atoms with Crippen molar-refractivity contribution in [1.82, 2.24) is 24.7 Å². The van der Waals surface area contributed by atoms with Crippen LogP contribution in [0.15, 0.2) is 79.1 Å². The quantitative estimate of drug-likeness (QED) is 0.453. The summed E-state index contributed by atoms with van der Waals surface area (Å²) in [6.45, 7) is 4.05. The summed E-state index contributed by atoms with van der Waals surface area (Å²) in [7, 11) is 0. The van der Waals surface area contributed by atoms with Gasteiger partial charge < -0.3 is 5.32 Å². The van der Waals surface area contributed by atoms with E-state index in [-0.39, 0.29) is 0 Å². The van der Waals surface area contributed by atoms with Gasteiger partial charge in [0.25, 0.3) is 0 Å². The number of aryl methyl sites for hydroxylation is 2. The minimum Gasteiger partial charge on any atom is -0.325 e. The van der Waals surface area contributed by atoms with Gasteiger partial charge in [-0.25, -0.2) is 15.0 Å². The van der Waals surface area contributed by atoms with E-state index in [1.54, 1.807) is 6.33 Å². The zero-order valence-electron chi connectivity index (χ0n) is 16.7. The second kappa shape index (κ2) is 7.40. The molecule has 6 heteroatoms. The molecule has 3 aromatic heterocycles. The van der Waals surface area contributed by atoms with Crippen LogP contribution in [0, 0.1) is 13.8 Å². The Labute approximate surface area is 174 Å². The van der Waals surface area contributed by atoms with Crippen LogP contribution in [-0.4, -0.2) is 24.7 Å². The molecule has 0 saturated carbocycles. The molecule has 0 aliphatic rings. The van der Waals surface area contributed by atoms with Gasteiger partial charge in [0.05, 0.1) is 16.9 Å². The molecule has 0 atom stereocenters. The van der Waals surface area contributed by atoms with Crippen LogP contribution < -0.4 is 5.32 Å². The van der Waals surface area contributed by atoms with Crippen molar-refractivity contribution in [2.75, 3.05) is 5.32 Å². The second-order valence-corrected chi connectivity index (χ2v) is 7.18. The summed E-state index contributed by atoms with van der Waals surface area (Å²) < 4.78 is 1.82. The van der Waals surface area contributed by atoms with Gasteiger partial charge in [-0.3, -0.25) is 0 Å². The largest absolute Gasteiger partial charge is 0.325 e.